The molecule has 2 rings (SSSR count). The molecule has 0 N–H and O–H groups in total. The Balaban J connectivity index is 2.15. The second-order valence-corrected chi connectivity index (χ2v) is 4.87. The van der Waals surface area contributed by atoms with Crippen molar-refractivity contribution < 1.29 is 4.74 Å². The van der Waals surface area contributed by atoms with Crippen LogP contribution in [0.2, 0.25) is 10.0 Å². The lowest BCUT2D eigenvalue weighted by Crippen LogP contribution is -1.97. The summed E-state index contributed by atoms with van der Waals surface area (Å²) < 4.78 is 5.75. The Labute approximate surface area is 127 Å². The minimum absolute atomic E-state index is 0.341. The molecule has 0 unspecified atom stereocenters. The van der Waals surface area contributed by atoms with E-state index in [4.69, 9.17) is 33.2 Å². The molecular weight excluding hydrogens is 293 g/mol. The van der Waals surface area contributed by atoms with Crippen molar-refractivity contribution >= 4 is 29.3 Å². The minimum atomic E-state index is 0.341. The van der Waals surface area contributed by atoms with E-state index in [1.54, 1.807) is 18.2 Å². The van der Waals surface area contributed by atoms with Crippen molar-refractivity contribution in [1.82, 2.24) is 0 Å². The topological polar surface area (TPSA) is 33.0 Å². The third kappa shape index (κ3) is 3.77. The average molecular weight is 304 g/mol. The molecule has 0 aromatic heterocycles. The van der Waals surface area contributed by atoms with E-state index in [1.165, 1.54) is 6.08 Å². The number of halogens is 2. The number of ether oxygens (including phenoxy) is 1. The number of hydrogen-bond donors (Lipinski definition) is 0. The Morgan fingerprint density at radius 2 is 1.95 bits per heavy atom. The summed E-state index contributed by atoms with van der Waals surface area (Å²) in [7, 11) is 0. The first-order chi connectivity index (χ1) is 9.70. The van der Waals surface area contributed by atoms with Gasteiger partial charge >= 0.3 is 0 Å². The van der Waals surface area contributed by atoms with E-state index in [9.17, 15) is 0 Å². The fourth-order valence-corrected chi connectivity index (χ4v) is 2.13. The molecule has 20 heavy (non-hydrogen) atoms. The van der Waals surface area contributed by atoms with Crippen molar-refractivity contribution in [2.45, 2.75) is 6.61 Å². The smallest absolute Gasteiger partial charge is 0.127 e. The van der Waals surface area contributed by atoms with Gasteiger partial charge in [0.1, 0.15) is 12.4 Å². The van der Waals surface area contributed by atoms with Gasteiger partial charge in [-0.05, 0) is 24.3 Å². The van der Waals surface area contributed by atoms with Crippen molar-refractivity contribution in [2.75, 3.05) is 0 Å². The molecule has 0 amide bonds. The van der Waals surface area contributed by atoms with Crippen LogP contribution < -0.4 is 4.74 Å². The maximum Gasteiger partial charge on any atom is 0.127 e. The van der Waals surface area contributed by atoms with Crippen LogP contribution in [-0.2, 0) is 6.61 Å². The lowest BCUT2D eigenvalue weighted by molar-refractivity contribution is 0.305. The van der Waals surface area contributed by atoms with Crippen molar-refractivity contribution in [1.29, 1.82) is 5.26 Å². The van der Waals surface area contributed by atoms with Crippen LogP contribution in [0.5, 0.6) is 5.75 Å². The van der Waals surface area contributed by atoms with Gasteiger partial charge in [0, 0.05) is 27.2 Å². The number of benzene rings is 2. The monoisotopic (exact) mass is 303 g/mol. The van der Waals surface area contributed by atoms with Gasteiger partial charge in [0.2, 0.25) is 0 Å². The highest BCUT2D eigenvalue weighted by molar-refractivity contribution is 6.35. The van der Waals surface area contributed by atoms with E-state index in [-0.39, 0.29) is 0 Å². The van der Waals surface area contributed by atoms with Gasteiger partial charge in [-0.2, -0.15) is 5.26 Å². The number of hydrogen-bond acceptors (Lipinski definition) is 2. The lowest BCUT2D eigenvalue weighted by atomic mass is 10.2. The summed E-state index contributed by atoms with van der Waals surface area (Å²) >= 11 is 11.9. The predicted molar refractivity (Wildman–Crippen MR) is 81.9 cm³/mol. The first-order valence-electron chi connectivity index (χ1n) is 5.92. The maximum absolute atomic E-state index is 8.58. The zero-order valence-corrected chi connectivity index (χ0v) is 12.0. The van der Waals surface area contributed by atoms with E-state index in [0.29, 0.717) is 22.4 Å². The molecule has 0 bridgehead atoms. The Hall–Kier alpha value is -1.95. The van der Waals surface area contributed by atoms with Crippen molar-refractivity contribution in [3.63, 3.8) is 0 Å². The number of nitriles is 1. The SMILES string of the molecule is N#CC=Cc1ccccc1OCc1ccc(Cl)cc1Cl. The Morgan fingerprint density at radius 1 is 1.15 bits per heavy atom. The summed E-state index contributed by atoms with van der Waals surface area (Å²) in [4.78, 5) is 0. The number of para-hydroxylation sites is 1. The molecule has 0 aliphatic heterocycles. The molecule has 2 nitrogen and oxygen atoms in total. The number of allylic oxidation sites excluding steroid dienone is 1. The van der Waals surface area contributed by atoms with Crippen molar-refractivity contribution in [3.8, 4) is 11.8 Å². The van der Waals surface area contributed by atoms with Crippen LogP contribution in [0.15, 0.2) is 48.5 Å². The molecule has 100 valence electrons. The predicted octanol–water partition coefficient (Wildman–Crippen LogP) is 5.11. The molecule has 0 saturated carbocycles. The van der Waals surface area contributed by atoms with Gasteiger partial charge in [-0.15, -0.1) is 0 Å². The van der Waals surface area contributed by atoms with Crippen LogP contribution in [-0.4, -0.2) is 0 Å². The van der Waals surface area contributed by atoms with Gasteiger partial charge in [0.25, 0.3) is 0 Å². The summed E-state index contributed by atoms with van der Waals surface area (Å²) in [6.07, 6.45) is 3.12. The Morgan fingerprint density at radius 3 is 2.70 bits per heavy atom. The number of rotatable bonds is 4. The minimum Gasteiger partial charge on any atom is -0.488 e. The van der Waals surface area contributed by atoms with Gasteiger partial charge in [0.05, 0.1) is 6.07 Å². The van der Waals surface area contributed by atoms with Crippen LogP contribution in [0.1, 0.15) is 11.1 Å². The first kappa shape index (κ1) is 14.5. The van der Waals surface area contributed by atoms with Crippen LogP contribution in [0, 0.1) is 11.3 Å². The summed E-state index contributed by atoms with van der Waals surface area (Å²) in [6, 6.07) is 14.7. The summed E-state index contributed by atoms with van der Waals surface area (Å²) in [5, 5.41) is 9.75. The van der Waals surface area contributed by atoms with Crippen molar-refractivity contribution in [3.05, 3.63) is 69.7 Å². The standard InChI is InChI=1S/C16H11Cl2NO/c17-14-8-7-13(15(18)10-14)11-20-16-6-2-1-4-12(16)5-3-9-19/h1-8,10H,11H2. The molecule has 0 aliphatic carbocycles. The fourth-order valence-electron chi connectivity index (χ4n) is 1.67. The van der Waals surface area contributed by atoms with Crippen LogP contribution in [0.25, 0.3) is 6.08 Å². The highest BCUT2D eigenvalue weighted by atomic mass is 35.5. The zero-order valence-electron chi connectivity index (χ0n) is 10.5. The molecule has 2 aromatic carbocycles. The third-order valence-electron chi connectivity index (χ3n) is 2.65. The molecule has 0 spiro atoms. The quantitative estimate of drug-likeness (QED) is 0.735. The highest BCUT2D eigenvalue weighted by Crippen LogP contribution is 2.24. The second-order valence-electron chi connectivity index (χ2n) is 4.02. The maximum atomic E-state index is 8.58. The number of nitrogens with zero attached hydrogens (tertiary/aromatic N) is 1. The van der Waals surface area contributed by atoms with E-state index in [0.717, 1.165) is 11.1 Å². The van der Waals surface area contributed by atoms with Crippen molar-refractivity contribution in [2.24, 2.45) is 0 Å². The van der Waals surface area contributed by atoms with Crippen LogP contribution in [0.4, 0.5) is 0 Å². The van der Waals surface area contributed by atoms with E-state index < -0.39 is 0 Å². The van der Waals surface area contributed by atoms with Crippen LogP contribution >= 0.6 is 23.2 Å². The molecule has 0 atom stereocenters. The third-order valence-corrected chi connectivity index (χ3v) is 3.24. The molecule has 4 heteroatoms. The van der Waals surface area contributed by atoms with Gasteiger partial charge < -0.3 is 4.74 Å². The lowest BCUT2D eigenvalue weighted by Gasteiger charge is -2.10. The highest BCUT2D eigenvalue weighted by Gasteiger charge is 2.04. The molecule has 0 saturated heterocycles. The molecule has 0 aliphatic rings. The summed E-state index contributed by atoms with van der Waals surface area (Å²) in [5.41, 5.74) is 1.70. The fraction of sp³-hybridized carbons (Fsp3) is 0.0625. The summed E-state index contributed by atoms with van der Waals surface area (Å²) in [5.74, 6) is 0.699. The Bertz CT molecular complexity index is 674. The summed E-state index contributed by atoms with van der Waals surface area (Å²) in [6.45, 7) is 0.341. The van der Waals surface area contributed by atoms with Crippen LogP contribution in [0.3, 0.4) is 0 Å². The molecule has 0 heterocycles. The van der Waals surface area contributed by atoms with E-state index in [2.05, 4.69) is 0 Å². The van der Waals surface area contributed by atoms with Gasteiger partial charge in [0.15, 0.2) is 0 Å². The Kier molecular flexibility index (Phi) is 5.06. The van der Waals surface area contributed by atoms with E-state index >= 15 is 0 Å². The molecule has 2 aromatic rings. The van der Waals surface area contributed by atoms with E-state index in [1.807, 2.05) is 36.4 Å². The normalized spacial score (nSPS) is 10.4. The molecular formula is C16H11Cl2NO. The average Bonchev–Trinajstić information content (AvgIpc) is 2.45. The van der Waals surface area contributed by atoms with Gasteiger partial charge in [-0.25, -0.2) is 0 Å². The van der Waals surface area contributed by atoms with Gasteiger partial charge in [-0.3, -0.25) is 0 Å². The largest absolute Gasteiger partial charge is 0.488 e. The molecule has 0 fully saturated rings. The second kappa shape index (κ2) is 7.00. The first-order valence-corrected chi connectivity index (χ1v) is 6.68. The van der Waals surface area contributed by atoms with Gasteiger partial charge in [-0.1, -0.05) is 47.5 Å². The zero-order chi connectivity index (χ0) is 14.4. The molecule has 0 radical (unpaired) electrons.